The standard InChI is InChI=1S/C10H17NO2.ClH/c1-11-4-2-10(3-5-11)6-8(7-10)9(12)13;/h8H,2-7H2,1H3,(H,12,13);1H. The molecule has 0 unspecified atom stereocenters. The number of rotatable bonds is 1. The Morgan fingerprint density at radius 3 is 2.29 bits per heavy atom. The molecule has 0 aromatic carbocycles. The molecule has 1 N–H and O–H groups in total. The molecule has 0 amide bonds. The second-order valence-electron chi connectivity index (χ2n) is 4.75. The van der Waals surface area contributed by atoms with Gasteiger partial charge in [0.25, 0.3) is 0 Å². The normalized spacial score (nSPS) is 26.6. The van der Waals surface area contributed by atoms with Gasteiger partial charge in [0, 0.05) is 0 Å². The molecule has 0 aromatic rings. The smallest absolute Gasteiger partial charge is 0.306 e. The second-order valence-corrected chi connectivity index (χ2v) is 4.75. The van der Waals surface area contributed by atoms with E-state index in [1.165, 1.54) is 12.8 Å². The van der Waals surface area contributed by atoms with Crippen molar-refractivity contribution >= 4 is 18.4 Å². The molecule has 1 saturated carbocycles. The van der Waals surface area contributed by atoms with Crippen LogP contribution in [0.1, 0.15) is 25.7 Å². The molecule has 1 heterocycles. The summed E-state index contributed by atoms with van der Waals surface area (Å²) in [6.45, 7) is 2.29. The summed E-state index contributed by atoms with van der Waals surface area (Å²) in [4.78, 5) is 13.0. The van der Waals surface area contributed by atoms with Crippen LogP contribution in [0.3, 0.4) is 0 Å². The maximum atomic E-state index is 10.7. The van der Waals surface area contributed by atoms with Gasteiger partial charge in [-0.05, 0) is 51.2 Å². The largest absolute Gasteiger partial charge is 0.481 e. The number of carbonyl (C=O) groups is 1. The molecule has 3 nitrogen and oxygen atoms in total. The van der Waals surface area contributed by atoms with Crippen LogP contribution in [-0.2, 0) is 4.79 Å². The second kappa shape index (κ2) is 4.07. The summed E-state index contributed by atoms with van der Waals surface area (Å²) in [6.07, 6.45) is 4.26. The number of carboxylic acids is 1. The van der Waals surface area contributed by atoms with Crippen molar-refractivity contribution in [3.63, 3.8) is 0 Å². The van der Waals surface area contributed by atoms with Crippen LogP contribution < -0.4 is 0 Å². The number of nitrogens with zero attached hydrogens (tertiary/aromatic N) is 1. The van der Waals surface area contributed by atoms with Crippen molar-refractivity contribution in [1.82, 2.24) is 4.90 Å². The number of halogens is 1. The predicted octanol–water partition coefficient (Wildman–Crippen LogP) is 1.61. The lowest BCUT2D eigenvalue weighted by atomic mass is 9.57. The zero-order valence-electron chi connectivity index (χ0n) is 8.53. The third-order valence-corrected chi connectivity index (χ3v) is 3.76. The highest BCUT2D eigenvalue weighted by molar-refractivity contribution is 5.85. The van der Waals surface area contributed by atoms with Crippen LogP contribution in [0, 0.1) is 11.3 Å². The summed E-state index contributed by atoms with van der Waals surface area (Å²) < 4.78 is 0. The van der Waals surface area contributed by atoms with Gasteiger partial charge in [0.2, 0.25) is 0 Å². The van der Waals surface area contributed by atoms with Crippen molar-refractivity contribution in [2.24, 2.45) is 11.3 Å². The first-order valence-electron chi connectivity index (χ1n) is 5.03. The summed E-state index contributed by atoms with van der Waals surface area (Å²) >= 11 is 0. The van der Waals surface area contributed by atoms with Crippen LogP contribution in [0.4, 0.5) is 0 Å². The molecule has 1 aliphatic carbocycles. The minimum Gasteiger partial charge on any atom is -0.481 e. The molecule has 1 saturated heterocycles. The molecule has 2 aliphatic rings. The summed E-state index contributed by atoms with van der Waals surface area (Å²) in [6, 6.07) is 0. The first-order valence-corrected chi connectivity index (χ1v) is 5.03. The highest BCUT2D eigenvalue weighted by Crippen LogP contribution is 2.52. The zero-order chi connectivity index (χ0) is 9.47. The third kappa shape index (κ3) is 2.04. The summed E-state index contributed by atoms with van der Waals surface area (Å²) in [5, 5.41) is 8.79. The first kappa shape index (κ1) is 11.8. The van der Waals surface area contributed by atoms with Crippen molar-refractivity contribution in [3.05, 3.63) is 0 Å². The maximum Gasteiger partial charge on any atom is 0.306 e. The lowest BCUT2D eigenvalue weighted by Crippen LogP contribution is -2.48. The Hall–Kier alpha value is -0.280. The fourth-order valence-corrected chi connectivity index (χ4v) is 2.66. The highest BCUT2D eigenvalue weighted by Gasteiger charge is 2.48. The average molecular weight is 220 g/mol. The minimum atomic E-state index is -0.593. The van der Waals surface area contributed by atoms with E-state index in [0.29, 0.717) is 5.41 Å². The lowest BCUT2D eigenvalue weighted by molar-refractivity contribution is -0.152. The van der Waals surface area contributed by atoms with E-state index in [2.05, 4.69) is 11.9 Å². The van der Waals surface area contributed by atoms with Crippen LogP contribution in [0.5, 0.6) is 0 Å². The first-order chi connectivity index (χ1) is 6.11. The fraction of sp³-hybridized carbons (Fsp3) is 0.900. The van der Waals surface area contributed by atoms with Crippen molar-refractivity contribution in [2.75, 3.05) is 20.1 Å². The Balaban J connectivity index is 0.000000980. The van der Waals surface area contributed by atoms with Crippen molar-refractivity contribution in [2.45, 2.75) is 25.7 Å². The summed E-state index contributed by atoms with van der Waals surface area (Å²) in [5.41, 5.74) is 0.412. The van der Waals surface area contributed by atoms with Crippen molar-refractivity contribution in [3.8, 4) is 0 Å². The average Bonchev–Trinajstić information content (AvgIpc) is 2.02. The Bertz CT molecular complexity index is 216. The van der Waals surface area contributed by atoms with Gasteiger partial charge in [-0.25, -0.2) is 0 Å². The Kier molecular flexibility index (Phi) is 3.43. The lowest BCUT2D eigenvalue weighted by Gasteiger charge is -2.50. The van der Waals surface area contributed by atoms with E-state index >= 15 is 0 Å². The SMILES string of the molecule is CN1CCC2(CC1)CC(C(=O)O)C2.Cl. The van der Waals surface area contributed by atoms with Gasteiger partial charge in [0.15, 0.2) is 0 Å². The van der Waals surface area contributed by atoms with Crippen molar-refractivity contribution in [1.29, 1.82) is 0 Å². The number of hydrogen-bond donors (Lipinski definition) is 1. The number of aliphatic carboxylic acids is 1. The van der Waals surface area contributed by atoms with E-state index in [-0.39, 0.29) is 18.3 Å². The van der Waals surface area contributed by atoms with E-state index < -0.39 is 5.97 Å². The Morgan fingerprint density at radius 2 is 1.86 bits per heavy atom. The predicted molar refractivity (Wildman–Crippen MR) is 56.8 cm³/mol. The zero-order valence-corrected chi connectivity index (χ0v) is 9.35. The van der Waals surface area contributed by atoms with E-state index in [1.807, 2.05) is 0 Å². The molecule has 82 valence electrons. The van der Waals surface area contributed by atoms with Gasteiger partial charge in [-0.15, -0.1) is 12.4 Å². The van der Waals surface area contributed by atoms with E-state index in [4.69, 9.17) is 5.11 Å². The van der Waals surface area contributed by atoms with Crippen LogP contribution >= 0.6 is 12.4 Å². The molecule has 1 spiro atoms. The molecule has 4 heteroatoms. The Labute approximate surface area is 90.9 Å². The quantitative estimate of drug-likeness (QED) is 0.729. The van der Waals surface area contributed by atoms with Gasteiger partial charge in [-0.1, -0.05) is 0 Å². The van der Waals surface area contributed by atoms with Gasteiger partial charge in [0.05, 0.1) is 5.92 Å². The molecule has 0 aromatic heterocycles. The molecule has 14 heavy (non-hydrogen) atoms. The molecule has 2 fully saturated rings. The molecule has 2 rings (SSSR count). The third-order valence-electron chi connectivity index (χ3n) is 3.76. The van der Waals surface area contributed by atoms with Gasteiger partial charge < -0.3 is 10.0 Å². The van der Waals surface area contributed by atoms with Crippen LogP contribution in [0.25, 0.3) is 0 Å². The number of piperidine rings is 1. The number of likely N-dealkylation sites (tertiary alicyclic amines) is 1. The molecule has 1 aliphatic heterocycles. The van der Waals surface area contributed by atoms with Gasteiger partial charge in [-0.2, -0.15) is 0 Å². The number of hydrogen-bond acceptors (Lipinski definition) is 2. The number of carboxylic acid groups (broad SMARTS) is 1. The topological polar surface area (TPSA) is 40.5 Å². The summed E-state index contributed by atoms with van der Waals surface area (Å²) in [5.74, 6) is -0.632. The fourth-order valence-electron chi connectivity index (χ4n) is 2.66. The Morgan fingerprint density at radius 1 is 1.36 bits per heavy atom. The van der Waals surface area contributed by atoms with Crippen LogP contribution in [0.2, 0.25) is 0 Å². The molecular weight excluding hydrogens is 202 g/mol. The molecule has 0 radical (unpaired) electrons. The maximum absolute atomic E-state index is 10.7. The van der Waals surface area contributed by atoms with Crippen LogP contribution in [0.15, 0.2) is 0 Å². The van der Waals surface area contributed by atoms with Crippen molar-refractivity contribution < 1.29 is 9.90 Å². The molecule has 0 bridgehead atoms. The summed E-state index contributed by atoms with van der Waals surface area (Å²) in [7, 11) is 2.14. The van der Waals surface area contributed by atoms with E-state index in [1.54, 1.807) is 0 Å². The minimum absolute atomic E-state index is 0. The molecule has 0 atom stereocenters. The highest BCUT2D eigenvalue weighted by atomic mass is 35.5. The van der Waals surface area contributed by atoms with E-state index in [9.17, 15) is 4.79 Å². The molecular formula is C10H18ClNO2. The van der Waals surface area contributed by atoms with Crippen LogP contribution in [-0.4, -0.2) is 36.1 Å². The monoisotopic (exact) mass is 219 g/mol. The van der Waals surface area contributed by atoms with E-state index in [0.717, 1.165) is 25.9 Å². The van der Waals surface area contributed by atoms with Gasteiger partial charge >= 0.3 is 5.97 Å². The van der Waals surface area contributed by atoms with Gasteiger partial charge in [0.1, 0.15) is 0 Å². The van der Waals surface area contributed by atoms with Gasteiger partial charge in [-0.3, -0.25) is 4.79 Å².